The Morgan fingerprint density at radius 2 is 2.10 bits per heavy atom. The van der Waals surface area contributed by atoms with Crippen molar-refractivity contribution >= 4 is 17.6 Å². The van der Waals surface area contributed by atoms with Crippen LogP contribution in [-0.4, -0.2) is 66.1 Å². The van der Waals surface area contributed by atoms with Crippen molar-refractivity contribution in [2.24, 2.45) is 11.8 Å². The van der Waals surface area contributed by atoms with Crippen LogP contribution in [0.2, 0.25) is 0 Å². The van der Waals surface area contributed by atoms with Crippen molar-refractivity contribution in [1.82, 2.24) is 15.5 Å². The molecule has 1 aliphatic carbocycles. The number of ether oxygens (including phenoxy) is 1. The molecule has 2 unspecified atom stereocenters. The highest BCUT2D eigenvalue weighted by atomic mass is 19.1. The van der Waals surface area contributed by atoms with E-state index in [1.165, 1.54) is 4.90 Å². The van der Waals surface area contributed by atoms with Gasteiger partial charge in [0, 0.05) is 5.92 Å². The highest BCUT2D eigenvalue weighted by molar-refractivity contribution is 5.99. The number of nitrogens with zero attached hydrogens (tertiary/aromatic N) is 1. The second-order valence-electron chi connectivity index (χ2n) is 8.45. The summed E-state index contributed by atoms with van der Waals surface area (Å²) in [7, 11) is 0. The number of hydrogen-bond acceptors (Lipinski definition) is 5. The summed E-state index contributed by atoms with van der Waals surface area (Å²) in [6.45, 7) is 3.52. The first kappa shape index (κ1) is 19.8. The van der Waals surface area contributed by atoms with Crippen LogP contribution in [0.25, 0.3) is 0 Å². The SMILES string of the molecule is CC(C)C[C@H](NC(=O)C1=CC2C=CC=CC2N1)C(=O)N1C[C@H](F)[C@H]2OCC(=O)[C@H]21. The monoisotopic (exact) mass is 403 g/mol. The van der Waals surface area contributed by atoms with Gasteiger partial charge in [-0.2, -0.15) is 0 Å². The summed E-state index contributed by atoms with van der Waals surface area (Å²) in [5.41, 5.74) is 0.417. The molecule has 2 N–H and O–H groups in total. The molecule has 0 aromatic carbocycles. The Balaban J connectivity index is 1.48. The Hall–Kier alpha value is -2.48. The fourth-order valence-electron chi connectivity index (χ4n) is 4.44. The molecule has 0 aromatic heterocycles. The van der Waals surface area contributed by atoms with E-state index in [9.17, 15) is 18.8 Å². The Labute approximate surface area is 169 Å². The maximum Gasteiger partial charge on any atom is 0.267 e. The maximum absolute atomic E-state index is 14.3. The Bertz CT molecular complexity index is 806. The molecule has 7 nitrogen and oxygen atoms in total. The van der Waals surface area contributed by atoms with E-state index < -0.39 is 30.3 Å². The van der Waals surface area contributed by atoms with Gasteiger partial charge in [0.25, 0.3) is 5.91 Å². The smallest absolute Gasteiger partial charge is 0.267 e. The topological polar surface area (TPSA) is 87.7 Å². The molecule has 3 aliphatic heterocycles. The van der Waals surface area contributed by atoms with E-state index in [1.54, 1.807) is 0 Å². The van der Waals surface area contributed by atoms with E-state index in [2.05, 4.69) is 10.6 Å². The Morgan fingerprint density at radius 3 is 2.83 bits per heavy atom. The molecule has 0 aromatic rings. The zero-order valence-corrected chi connectivity index (χ0v) is 16.5. The van der Waals surface area contributed by atoms with E-state index in [0.717, 1.165) is 0 Å². The minimum absolute atomic E-state index is 0.0277. The van der Waals surface area contributed by atoms with Gasteiger partial charge in [0.1, 0.15) is 31.0 Å². The number of rotatable bonds is 5. The lowest BCUT2D eigenvalue weighted by molar-refractivity contribution is -0.140. The van der Waals surface area contributed by atoms with Gasteiger partial charge in [0.2, 0.25) is 5.91 Å². The third kappa shape index (κ3) is 3.73. The number of allylic oxidation sites excluding steroid dienone is 2. The second-order valence-corrected chi connectivity index (χ2v) is 8.45. The quantitative estimate of drug-likeness (QED) is 0.703. The third-order valence-corrected chi connectivity index (χ3v) is 5.82. The van der Waals surface area contributed by atoms with Crippen molar-refractivity contribution in [1.29, 1.82) is 0 Å². The second kappa shape index (κ2) is 7.74. The fourth-order valence-corrected chi connectivity index (χ4v) is 4.44. The lowest BCUT2D eigenvalue weighted by atomic mass is 9.98. The molecule has 2 fully saturated rings. The van der Waals surface area contributed by atoms with Crippen molar-refractivity contribution in [2.45, 2.75) is 50.7 Å². The predicted molar refractivity (Wildman–Crippen MR) is 103 cm³/mol. The molecule has 0 spiro atoms. The van der Waals surface area contributed by atoms with E-state index in [4.69, 9.17) is 4.74 Å². The van der Waals surface area contributed by atoms with Gasteiger partial charge in [-0.1, -0.05) is 38.2 Å². The summed E-state index contributed by atoms with van der Waals surface area (Å²) in [4.78, 5) is 39.4. The summed E-state index contributed by atoms with van der Waals surface area (Å²) in [6.07, 6.45) is 7.78. The van der Waals surface area contributed by atoms with Crippen molar-refractivity contribution in [3.8, 4) is 0 Å². The zero-order chi connectivity index (χ0) is 20.7. The molecule has 8 heteroatoms. The number of ketones is 1. The molecule has 0 radical (unpaired) electrons. The average molecular weight is 403 g/mol. The molecule has 4 rings (SSSR count). The molecule has 0 bridgehead atoms. The molecular formula is C21H26FN3O4. The molecular weight excluding hydrogens is 377 g/mol. The van der Waals surface area contributed by atoms with Gasteiger partial charge in [-0.05, 0) is 18.4 Å². The lowest BCUT2D eigenvalue weighted by Crippen LogP contribution is -2.53. The normalized spacial score (nSPS) is 33.4. The number of fused-ring (bicyclic) bond motifs is 2. The summed E-state index contributed by atoms with van der Waals surface area (Å²) < 4.78 is 19.5. The molecule has 29 heavy (non-hydrogen) atoms. The van der Waals surface area contributed by atoms with Crippen LogP contribution >= 0.6 is 0 Å². The van der Waals surface area contributed by atoms with Crippen LogP contribution in [0.3, 0.4) is 0 Å². The van der Waals surface area contributed by atoms with Crippen molar-refractivity contribution < 1.29 is 23.5 Å². The highest BCUT2D eigenvalue weighted by Crippen LogP contribution is 2.30. The van der Waals surface area contributed by atoms with Gasteiger partial charge < -0.3 is 20.3 Å². The molecule has 2 amide bonds. The van der Waals surface area contributed by atoms with Crippen molar-refractivity contribution in [3.05, 3.63) is 36.1 Å². The number of nitrogens with one attached hydrogen (secondary N) is 2. The maximum atomic E-state index is 14.3. The van der Waals surface area contributed by atoms with E-state index in [1.807, 2.05) is 44.2 Å². The van der Waals surface area contributed by atoms with Gasteiger partial charge in [0.15, 0.2) is 5.78 Å². The number of Topliss-reactive ketones (excluding diaryl/α,β-unsaturated/α-hetero) is 1. The van der Waals surface area contributed by atoms with Gasteiger partial charge in [-0.25, -0.2) is 4.39 Å². The van der Waals surface area contributed by atoms with Crippen LogP contribution in [0.15, 0.2) is 36.1 Å². The third-order valence-electron chi connectivity index (χ3n) is 5.82. The minimum Gasteiger partial charge on any atom is -0.374 e. The van der Waals surface area contributed by atoms with Crippen LogP contribution in [0.1, 0.15) is 20.3 Å². The van der Waals surface area contributed by atoms with E-state index in [-0.39, 0.29) is 42.7 Å². The van der Waals surface area contributed by atoms with Crippen LogP contribution in [0.4, 0.5) is 4.39 Å². The van der Waals surface area contributed by atoms with Crippen molar-refractivity contribution in [3.63, 3.8) is 0 Å². The lowest BCUT2D eigenvalue weighted by Gasteiger charge is -2.28. The Morgan fingerprint density at radius 1 is 1.34 bits per heavy atom. The first-order valence-electron chi connectivity index (χ1n) is 10.1. The van der Waals surface area contributed by atoms with Gasteiger partial charge in [-0.15, -0.1) is 0 Å². The zero-order valence-electron chi connectivity index (χ0n) is 16.5. The van der Waals surface area contributed by atoms with E-state index >= 15 is 0 Å². The molecule has 4 aliphatic rings. The number of carbonyl (C=O) groups is 3. The van der Waals surface area contributed by atoms with Gasteiger partial charge in [0.05, 0.1) is 18.3 Å². The molecule has 3 heterocycles. The summed E-state index contributed by atoms with van der Waals surface area (Å²) >= 11 is 0. The number of alkyl halides is 1. The molecule has 2 saturated heterocycles. The number of carbonyl (C=O) groups excluding carboxylic acids is 3. The standard InChI is InChI=1S/C21H26FN3O4/c1-11(2)7-16(21(28)25-9-13(22)19-18(25)17(26)10-29-19)24-20(27)15-8-12-5-3-4-6-14(12)23-15/h3-6,8,11-14,16,18-19,23H,7,9-10H2,1-2H3,(H,24,27)/t12?,13-,14?,16-,18+,19+/m0/s1. The minimum atomic E-state index is -1.40. The molecule has 156 valence electrons. The number of likely N-dealkylation sites (tertiary alicyclic amines) is 1. The predicted octanol–water partition coefficient (Wildman–Crippen LogP) is 0.632. The highest BCUT2D eigenvalue weighted by Gasteiger charge is 2.53. The number of halogens is 1. The van der Waals surface area contributed by atoms with Gasteiger partial charge >= 0.3 is 0 Å². The largest absolute Gasteiger partial charge is 0.374 e. The van der Waals surface area contributed by atoms with Crippen LogP contribution in [-0.2, 0) is 19.1 Å². The molecule has 6 atom stereocenters. The van der Waals surface area contributed by atoms with Crippen molar-refractivity contribution in [2.75, 3.05) is 13.2 Å². The first-order chi connectivity index (χ1) is 13.8. The van der Waals surface area contributed by atoms with Crippen LogP contribution in [0.5, 0.6) is 0 Å². The molecule has 0 saturated carbocycles. The summed E-state index contributed by atoms with van der Waals surface area (Å²) in [5.74, 6) is -0.877. The summed E-state index contributed by atoms with van der Waals surface area (Å²) in [6, 6.07) is -1.70. The number of amides is 2. The van der Waals surface area contributed by atoms with Crippen LogP contribution < -0.4 is 10.6 Å². The summed E-state index contributed by atoms with van der Waals surface area (Å²) in [5, 5.41) is 5.97. The fraction of sp³-hybridized carbons (Fsp3) is 0.571. The number of hydrogen-bond donors (Lipinski definition) is 2. The first-order valence-corrected chi connectivity index (χ1v) is 10.1. The van der Waals surface area contributed by atoms with Crippen LogP contribution in [0, 0.1) is 11.8 Å². The van der Waals surface area contributed by atoms with Gasteiger partial charge in [-0.3, -0.25) is 14.4 Å². The average Bonchev–Trinajstić information content (AvgIpc) is 3.36. The van der Waals surface area contributed by atoms with E-state index in [0.29, 0.717) is 12.1 Å². The Kier molecular flexibility index (Phi) is 5.29.